The Bertz CT molecular complexity index is 2010. The van der Waals surface area contributed by atoms with Crippen molar-refractivity contribution in [3.8, 4) is 0 Å². The average molecular weight is 1030 g/mol. The zero-order valence-electron chi connectivity index (χ0n) is 45.0. The van der Waals surface area contributed by atoms with Crippen LogP contribution >= 0.6 is 0 Å². The number of carbonyl (C=O) groups is 6. The summed E-state index contributed by atoms with van der Waals surface area (Å²) in [4.78, 5) is 85.3. The second kappa shape index (κ2) is 28.3. The molecular weight excluding hydrogens is 943 g/mol. The van der Waals surface area contributed by atoms with Gasteiger partial charge in [0, 0.05) is 51.4 Å². The fourth-order valence-electron chi connectivity index (χ4n) is 10.8. The maximum Gasteiger partial charge on any atom is 0.329 e. The van der Waals surface area contributed by atoms with Crippen LogP contribution in [0, 0.1) is 46.8 Å². The summed E-state index contributed by atoms with van der Waals surface area (Å²) in [6.45, 7) is 12.0. The smallest absolute Gasteiger partial charge is 0.329 e. The van der Waals surface area contributed by atoms with E-state index in [0.29, 0.717) is 63.4 Å². The van der Waals surface area contributed by atoms with E-state index in [1.54, 1.807) is 40.9 Å². The van der Waals surface area contributed by atoms with Gasteiger partial charge in [-0.3, -0.25) is 24.0 Å². The lowest BCUT2D eigenvalue weighted by atomic mass is 9.78. The second-order valence-corrected chi connectivity index (χ2v) is 22.0. The van der Waals surface area contributed by atoms with Crippen molar-refractivity contribution < 1.29 is 78.0 Å². The highest BCUT2D eigenvalue weighted by molar-refractivity contribution is 6.39. The van der Waals surface area contributed by atoms with Crippen LogP contribution < -0.4 is 0 Å². The van der Waals surface area contributed by atoms with E-state index in [9.17, 15) is 54.3 Å². The molecule has 2 unspecified atom stereocenters. The number of fused-ring (bicyclic) bond motifs is 3. The van der Waals surface area contributed by atoms with Gasteiger partial charge < -0.3 is 54.1 Å². The Hall–Kier alpha value is -3.94. The molecule has 1 amide bonds. The van der Waals surface area contributed by atoms with Crippen LogP contribution in [-0.4, -0.2) is 155 Å². The number of aliphatic hydroxyl groups excluding tert-OH is 4. The van der Waals surface area contributed by atoms with Crippen molar-refractivity contribution in [1.29, 1.82) is 0 Å². The minimum Gasteiger partial charge on any atom is -0.460 e. The first kappa shape index (κ1) is 61.6. The van der Waals surface area contributed by atoms with Gasteiger partial charge in [0.15, 0.2) is 0 Å². The molecule has 73 heavy (non-hydrogen) atoms. The molecule has 4 aliphatic rings. The molecular formula is C56H87NO16. The number of cyclic esters (lactones) is 1. The van der Waals surface area contributed by atoms with Gasteiger partial charge in [0.05, 0.1) is 50.2 Å². The second-order valence-electron chi connectivity index (χ2n) is 22.0. The number of hydrogen-bond donors (Lipinski definition) is 5. The largest absolute Gasteiger partial charge is 0.460 e. The maximum atomic E-state index is 14.5. The molecule has 3 fully saturated rings. The van der Waals surface area contributed by atoms with Gasteiger partial charge in [-0.2, -0.15) is 0 Å². The fourth-order valence-corrected chi connectivity index (χ4v) is 10.8. The summed E-state index contributed by atoms with van der Waals surface area (Å²) < 4.78 is 29.8. The first-order valence-electron chi connectivity index (χ1n) is 26.5. The molecule has 3 heterocycles. The first-order valence-corrected chi connectivity index (χ1v) is 26.5. The number of Topliss-reactive ketones (excluding diaryl/α,β-unsaturated/α-hetero) is 3. The standard InChI is InChI=1S/C56H87NO16/c1-33-16-12-11-13-17-34(2)46(69-9)28-41-21-19-39(7)56(68,73-41)51(64)52(65)57-23-15-14-18-43(57)53(66)71-47(29-44(61)35(3)25-38(6)50(63)42(30-58)49(62)37(5)24-33)36(4)26-40-20-22-45(48(27-40)70-10)72-54(67)55(8,31-59)32-60/h11-13,16-17,25,33,35-37,39-43,45-48,50,58-60,63,68H,14-15,18-24,26-32H2,1-10H3/b13-11?,16-12+,34-17?,38-25+/t33-,35-,36-,37-,39-,40?,41+,42+,43+,45-,46?,47+,48-,50-,56-/m1/s1. The Morgan fingerprint density at radius 1 is 0.877 bits per heavy atom. The zero-order valence-corrected chi connectivity index (χ0v) is 45.0. The number of allylic oxidation sites excluding steroid dienone is 6. The summed E-state index contributed by atoms with van der Waals surface area (Å²) in [5, 5.41) is 53.4. The number of piperidine rings is 1. The molecule has 412 valence electrons. The number of methoxy groups -OCH3 is 2. The lowest BCUT2D eigenvalue weighted by Gasteiger charge is -2.42. The minimum absolute atomic E-state index is 0.0330. The van der Waals surface area contributed by atoms with Crippen LogP contribution in [0.2, 0.25) is 0 Å². The highest BCUT2D eigenvalue weighted by Gasteiger charge is 2.53. The van der Waals surface area contributed by atoms with Gasteiger partial charge in [-0.05, 0) is 114 Å². The molecule has 0 radical (unpaired) electrons. The van der Waals surface area contributed by atoms with E-state index in [1.165, 1.54) is 14.0 Å². The molecule has 15 atom stereocenters. The number of amides is 1. The predicted octanol–water partition coefficient (Wildman–Crippen LogP) is 5.32. The monoisotopic (exact) mass is 1030 g/mol. The van der Waals surface area contributed by atoms with Crippen molar-refractivity contribution in [3.05, 3.63) is 47.6 Å². The zero-order chi connectivity index (χ0) is 54.4. The number of hydrogen-bond acceptors (Lipinski definition) is 16. The van der Waals surface area contributed by atoms with Crippen molar-refractivity contribution in [2.75, 3.05) is 40.6 Å². The summed E-state index contributed by atoms with van der Waals surface area (Å²) in [7, 11) is 3.06. The molecule has 4 rings (SSSR count). The van der Waals surface area contributed by atoms with Crippen molar-refractivity contribution >= 4 is 35.2 Å². The van der Waals surface area contributed by atoms with E-state index < -0.39 is 127 Å². The molecule has 2 saturated heterocycles. The van der Waals surface area contributed by atoms with Crippen molar-refractivity contribution in [2.45, 2.75) is 181 Å². The third-order valence-electron chi connectivity index (χ3n) is 16.0. The van der Waals surface area contributed by atoms with Crippen LogP contribution in [0.15, 0.2) is 47.6 Å². The van der Waals surface area contributed by atoms with E-state index in [4.69, 9.17) is 23.7 Å². The van der Waals surface area contributed by atoms with Crippen LogP contribution in [0.1, 0.15) is 132 Å². The molecule has 1 aliphatic carbocycles. The molecule has 0 aromatic carbocycles. The molecule has 2 bridgehead atoms. The average Bonchev–Trinajstić information content (AvgIpc) is 3.37. The SMILES string of the molecule is COC1C[C@@H]2CC[C@@H](C)[C@@](O)(O2)C(=O)C(=O)N2CCCC[C@H]2C(=O)O[C@H]([C@H](C)CC2CC[C@@H](OC(=O)C(C)(CO)CO)[C@H](OC)C2)CC(=O)[C@H](C)/C=C(\C)[C@@H](O)[C@@H](CO)C(=O)[C@H](C)C[C@H](C)/C=C/C=CC=C1C. The highest BCUT2D eigenvalue weighted by atomic mass is 16.6. The van der Waals surface area contributed by atoms with E-state index in [2.05, 4.69) is 0 Å². The van der Waals surface area contributed by atoms with Gasteiger partial charge in [0.2, 0.25) is 5.79 Å². The number of carbonyl (C=O) groups excluding carboxylic acids is 6. The highest BCUT2D eigenvalue weighted by Crippen LogP contribution is 2.38. The van der Waals surface area contributed by atoms with Crippen molar-refractivity contribution in [2.24, 2.45) is 46.8 Å². The number of nitrogens with zero attached hydrogens (tertiary/aromatic N) is 1. The third kappa shape index (κ3) is 16.0. The Kier molecular flexibility index (Phi) is 23.9. The van der Waals surface area contributed by atoms with E-state index >= 15 is 0 Å². The number of aliphatic hydroxyl groups is 5. The van der Waals surface area contributed by atoms with Gasteiger partial charge in [-0.25, -0.2) is 4.79 Å². The van der Waals surface area contributed by atoms with Crippen LogP contribution in [-0.2, 0) is 52.5 Å². The normalized spacial score (nSPS) is 36.3. The fraction of sp³-hybridized carbons (Fsp3) is 0.750. The number of esters is 2. The molecule has 5 N–H and O–H groups in total. The van der Waals surface area contributed by atoms with E-state index in [-0.39, 0.29) is 49.2 Å². The Morgan fingerprint density at radius 3 is 2.22 bits per heavy atom. The quantitative estimate of drug-likeness (QED) is 0.106. The third-order valence-corrected chi connectivity index (χ3v) is 16.0. The Labute approximate surface area is 432 Å². The van der Waals surface area contributed by atoms with Gasteiger partial charge >= 0.3 is 11.9 Å². The molecule has 0 aromatic rings. The number of rotatable bonds is 10. The first-order chi connectivity index (χ1) is 34.5. The van der Waals surface area contributed by atoms with Gasteiger partial charge in [-0.15, -0.1) is 0 Å². The number of ketones is 3. The maximum absolute atomic E-state index is 14.5. The number of ether oxygens (including phenoxy) is 5. The summed E-state index contributed by atoms with van der Waals surface area (Å²) >= 11 is 0. The van der Waals surface area contributed by atoms with Crippen LogP contribution in [0.3, 0.4) is 0 Å². The molecule has 17 nitrogen and oxygen atoms in total. The molecule has 17 heteroatoms. The summed E-state index contributed by atoms with van der Waals surface area (Å²) in [6, 6.07) is -1.21. The van der Waals surface area contributed by atoms with Crippen LogP contribution in [0.4, 0.5) is 0 Å². The predicted molar refractivity (Wildman–Crippen MR) is 271 cm³/mol. The van der Waals surface area contributed by atoms with Crippen LogP contribution in [0.5, 0.6) is 0 Å². The van der Waals surface area contributed by atoms with Gasteiger partial charge in [0.25, 0.3) is 11.7 Å². The minimum atomic E-state index is -2.47. The molecule has 1 saturated carbocycles. The summed E-state index contributed by atoms with van der Waals surface area (Å²) in [6.07, 6.45) is 10.6. The Morgan fingerprint density at radius 2 is 1.58 bits per heavy atom. The lowest BCUT2D eigenvalue weighted by molar-refractivity contribution is -0.265. The van der Waals surface area contributed by atoms with Gasteiger partial charge in [-0.1, -0.05) is 71.1 Å². The molecule has 0 aromatic heterocycles. The summed E-state index contributed by atoms with van der Waals surface area (Å²) in [5.41, 5.74) is -0.327. The lowest BCUT2D eigenvalue weighted by Crippen LogP contribution is -2.61. The van der Waals surface area contributed by atoms with E-state index in [0.717, 1.165) is 10.5 Å². The van der Waals surface area contributed by atoms with E-state index in [1.807, 2.05) is 51.2 Å². The van der Waals surface area contributed by atoms with Crippen LogP contribution in [0.25, 0.3) is 0 Å². The topological polar surface area (TPSA) is 253 Å². The Balaban J connectivity index is 1.69. The van der Waals surface area contributed by atoms with Crippen molar-refractivity contribution in [1.82, 2.24) is 4.90 Å². The molecule has 3 aliphatic heterocycles. The van der Waals surface area contributed by atoms with Gasteiger partial charge in [0.1, 0.15) is 35.2 Å². The van der Waals surface area contributed by atoms with Crippen molar-refractivity contribution in [3.63, 3.8) is 0 Å². The summed E-state index contributed by atoms with van der Waals surface area (Å²) in [5.74, 6) is -10.7. The molecule has 0 spiro atoms.